The normalized spacial score (nSPS) is 13.1. The lowest BCUT2D eigenvalue weighted by Crippen LogP contribution is -2.38. The number of methoxy groups -OCH3 is 1. The molecule has 0 atom stereocenters. The molecule has 2 heterocycles. The van der Waals surface area contributed by atoms with Crippen molar-refractivity contribution in [3.8, 4) is 17.7 Å². The Bertz CT molecular complexity index is 750. The van der Waals surface area contributed by atoms with E-state index in [4.69, 9.17) is 14.7 Å². The predicted octanol–water partition coefficient (Wildman–Crippen LogP) is 1.89. The number of amides is 1. The molecular formula is C16H13N3O3. The highest BCUT2D eigenvalue weighted by Gasteiger charge is 2.27. The van der Waals surface area contributed by atoms with Crippen LogP contribution >= 0.6 is 0 Å². The third-order valence-corrected chi connectivity index (χ3v) is 3.38. The average molecular weight is 295 g/mol. The summed E-state index contributed by atoms with van der Waals surface area (Å²) in [4.78, 5) is 17.8. The number of carbonyl (C=O) groups is 1. The predicted molar refractivity (Wildman–Crippen MR) is 78.6 cm³/mol. The molecule has 0 aliphatic carbocycles. The maximum Gasteiger partial charge on any atom is 0.265 e. The number of anilines is 1. The lowest BCUT2D eigenvalue weighted by Gasteiger charge is -2.28. The number of nitrogens with zero attached hydrogens (tertiary/aromatic N) is 3. The summed E-state index contributed by atoms with van der Waals surface area (Å²) in [5, 5.41) is 8.88. The number of pyridine rings is 1. The van der Waals surface area contributed by atoms with E-state index in [9.17, 15) is 4.79 Å². The highest BCUT2D eigenvalue weighted by Crippen LogP contribution is 2.31. The van der Waals surface area contributed by atoms with E-state index in [1.807, 2.05) is 30.3 Å². The highest BCUT2D eigenvalue weighted by molar-refractivity contribution is 5.97. The molecule has 0 radical (unpaired) electrons. The Morgan fingerprint density at radius 2 is 2.09 bits per heavy atom. The molecule has 1 aromatic carbocycles. The highest BCUT2D eigenvalue weighted by atomic mass is 16.5. The summed E-state index contributed by atoms with van der Waals surface area (Å²) >= 11 is 0. The van der Waals surface area contributed by atoms with Crippen LogP contribution in [-0.4, -0.2) is 24.6 Å². The van der Waals surface area contributed by atoms with E-state index in [0.29, 0.717) is 18.1 Å². The van der Waals surface area contributed by atoms with Crippen molar-refractivity contribution in [1.29, 1.82) is 5.26 Å². The van der Waals surface area contributed by atoms with Crippen LogP contribution in [0, 0.1) is 11.3 Å². The van der Waals surface area contributed by atoms with E-state index < -0.39 is 0 Å². The van der Waals surface area contributed by atoms with Gasteiger partial charge in [0.15, 0.2) is 6.61 Å². The molecule has 0 unspecified atom stereocenters. The molecule has 0 saturated heterocycles. The van der Waals surface area contributed by atoms with Crippen molar-refractivity contribution in [1.82, 2.24) is 4.98 Å². The Morgan fingerprint density at radius 3 is 2.77 bits per heavy atom. The second kappa shape index (κ2) is 5.74. The number of fused-ring (bicyclic) bond motifs is 1. The maximum atomic E-state index is 12.1. The van der Waals surface area contributed by atoms with Crippen molar-refractivity contribution in [3.05, 3.63) is 47.7 Å². The average Bonchev–Trinajstić information content (AvgIpc) is 2.57. The van der Waals surface area contributed by atoms with Gasteiger partial charge in [0, 0.05) is 0 Å². The van der Waals surface area contributed by atoms with Crippen molar-refractivity contribution in [2.75, 3.05) is 18.6 Å². The molecule has 6 nitrogen and oxygen atoms in total. The number of nitriles is 1. The van der Waals surface area contributed by atoms with Crippen LogP contribution in [0.25, 0.3) is 0 Å². The van der Waals surface area contributed by atoms with Crippen molar-refractivity contribution in [2.24, 2.45) is 0 Å². The smallest absolute Gasteiger partial charge is 0.265 e. The van der Waals surface area contributed by atoms with E-state index in [-0.39, 0.29) is 18.2 Å². The van der Waals surface area contributed by atoms with E-state index in [1.165, 1.54) is 0 Å². The van der Waals surface area contributed by atoms with Gasteiger partial charge in [0.05, 0.1) is 13.7 Å². The zero-order valence-corrected chi connectivity index (χ0v) is 11.9. The summed E-state index contributed by atoms with van der Waals surface area (Å²) in [6, 6.07) is 12.7. The molecule has 1 aliphatic heterocycles. The monoisotopic (exact) mass is 295 g/mol. The topological polar surface area (TPSA) is 75.4 Å². The van der Waals surface area contributed by atoms with Crippen LogP contribution < -0.4 is 14.4 Å². The standard InChI is InChI=1S/C16H13N3O3/c1-21-13-5-2-11(3-6-13)9-19-14-7-4-12(8-17)18-16(14)22-10-15(19)20/h2-7H,9-10H2,1H3. The number of hydrogen-bond donors (Lipinski definition) is 0. The first kappa shape index (κ1) is 13.9. The van der Waals surface area contributed by atoms with Gasteiger partial charge in [-0.3, -0.25) is 4.79 Å². The Morgan fingerprint density at radius 1 is 1.32 bits per heavy atom. The minimum atomic E-state index is -0.144. The second-order valence-corrected chi connectivity index (χ2v) is 4.75. The van der Waals surface area contributed by atoms with Crippen molar-refractivity contribution in [3.63, 3.8) is 0 Å². The molecule has 0 spiro atoms. The molecule has 2 aromatic rings. The first-order chi connectivity index (χ1) is 10.7. The fraction of sp³-hybridized carbons (Fsp3) is 0.188. The summed E-state index contributed by atoms with van der Waals surface area (Å²) < 4.78 is 10.4. The minimum Gasteiger partial charge on any atom is -0.497 e. The summed E-state index contributed by atoms with van der Waals surface area (Å²) in [5.41, 5.74) is 1.80. The van der Waals surface area contributed by atoms with Gasteiger partial charge in [0.25, 0.3) is 5.91 Å². The van der Waals surface area contributed by atoms with Gasteiger partial charge in [-0.25, -0.2) is 4.98 Å². The molecule has 22 heavy (non-hydrogen) atoms. The van der Waals surface area contributed by atoms with E-state index >= 15 is 0 Å². The van der Waals surface area contributed by atoms with E-state index in [2.05, 4.69) is 4.98 Å². The summed E-state index contributed by atoms with van der Waals surface area (Å²) in [6.07, 6.45) is 0. The number of hydrogen-bond acceptors (Lipinski definition) is 5. The van der Waals surface area contributed by atoms with Crippen LogP contribution in [-0.2, 0) is 11.3 Å². The molecule has 1 aliphatic rings. The Hall–Kier alpha value is -3.07. The van der Waals surface area contributed by atoms with Gasteiger partial charge in [-0.15, -0.1) is 0 Å². The Labute approximate surface area is 127 Å². The molecule has 0 N–H and O–H groups in total. The molecule has 1 amide bonds. The number of aromatic nitrogens is 1. The molecule has 110 valence electrons. The van der Waals surface area contributed by atoms with Gasteiger partial charge in [-0.05, 0) is 29.8 Å². The van der Waals surface area contributed by atoms with Crippen molar-refractivity contribution in [2.45, 2.75) is 6.54 Å². The third-order valence-electron chi connectivity index (χ3n) is 3.38. The van der Waals surface area contributed by atoms with Crippen molar-refractivity contribution >= 4 is 11.6 Å². The molecule has 1 aromatic heterocycles. The zero-order chi connectivity index (χ0) is 15.5. The molecular weight excluding hydrogens is 282 g/mol. The first-order valence-electron chi connectivity index (χ1n) is 6.68. The maximum absolute atomic E-state index is 12.1. The molecule has 0 bridgehead atoms. The van der Waals surface area contributed by atoms with Crippen LogP contribution in [0.3, 0.4) is 0 Å². The number of carbonyl (C=O) groups excluding carboxylic acids is 1. The quantitative estimate of drug-likeness (QED) is 0.864. The second-order valence-electron chi connectivity index (χ2n) is 4.75. The molecule has 6 heteroatoms. The number of ether oxygens (including phenoxy) is 2. The van der Waals surface area contributed by atoms with Crippen molar-refractivity contribution < 1.29 is 14.3 Å². The lowest BCUT2D eigenvalue weighted by atomic mass is 10.2. The molecule has 3 rings (SSSR count). The molecule has 0 saturated carbocycles. The van der Waals surface area contributed by atoms with Gasteiger partial charge in [-0.1, -0.05) is 12.1 Å². The van der Waals surface area contributed by atoms with Gasteiger partial charge in [0.2, 0.25) is 5.88 Å². The zero-order valence-electron chi connectivity index (χ0n) is 11.9. The van der Waals surface area contributed by atoms with Crippen LogP contribution in [0.5, 0.6) is 11.6 Å². The van der Waals surface area contributed by atoms with Crippen LogP contribution in [0.15, 0.2) is 36.4 Å². The van der Waals surface area contributed by atoms with E-state index in [0.717, 1.165) is 11.3 Å². The summed E-state index contributed by atoms with van der Waals surface area (Å²) in [6.45, 7) is 0.331. The Balaban J connectivity index is 1.90. The van der Waals surface area contributed by atoms with Gasteiger partial charge in [0.1, 0.15) is 23.2 Å². The minimum absolute atomic E-state index is 0.0783. The van der Waals surface area contributed by atoms with Gasteiger partial charge in [-0.2, -0.15) is 5.26 Å². The largest absolute Gasteiger partial charge is 0.497 e. The first-order valence-corrected chi connectivity index (χ1v) is 6.68. The van der Waals surface area contributed by atoms with Gasteiger partial charge < -0.3 is 14.4 Å². The lowest BCUT2D eigenvalue weighted by molar-refractivity contribution is -0.121. The number of rotatable bonds is 3. The summed E-state index contributed by atoms with van der Waals surface area (Å²) in [5.74, 6) is 0.930. The van der Waals surface area contributed by atoms with Crippen LogP contribution in [0.2, 0.25) is 0 Å². The Kier molecular flexibility index (Phi) is 3.62. The van der Waals surface area contributed by atoms with Gasteiger partial charge >= 0.3 is 0 Å². The SMILES string of the molecule is COc1ccc(CN2C(=O)COc3nc(C#N)ccc32)cc1. The van der Waals surface area contributed by atoms with E-state index in [1.54, 1.807) is 24.1 Å². The van der Waals surface area contributed by atoms with Crippen LogP contribution in [0.1, 0.15) is 11.3 Å². The number of benzene rings is 1. The third kappa shape index (κ3) is 2.56. The molecule has 0 fully saturated rings. The fourth-order valence-electron chi connectivity index (χ4n) is 2.24. The van der Waals surface area contributed by atoms with Crippen LogP contribution in [0.4, 0.5) is 5.69 Å². The summed E-state index contributed by atoms with van der Waals surface area (Å²) in [7, 11) is 1.61. The fourth-order valence-corrected chi connectivity index (χ4v) is 2.24.